The van der Waals surface area contributed by atoms with E-state index in [1.54, 1.807) is 24.3 Å². The summed E-state index contributed by atoms with van der Waals surface area (Å²) >= 11 is 0. The summed E-state index contributed by atoms with van der Waals surface area (Å²) in [5.74, 6) is -0.234. The van der Waals surface area contributed by atoms with Crippen molar-refractivity contribution in [1.29, 1.82) is 5.26 Å². The van der Waals surface area contributed by atoms with Gasteiger partial charge in [-0.05, 0) is 43.5 Å². The van der Waals surface area contributed by atoms with Gasteiger partial charge in [-0.15, -0.1) is 0 Å². The van der Waals surface area contributed by atoms with Gasteiger partial charge in [-0.3, -0.25) is 4.79 Å². The highest BCUT2D eigenvalue weighted by atomic mass is 16.1. The molecule has 1 heterocycles. The Labute approximate surface area is 106 Å². The Hall–Kier alpha value is -2.28. The topological polar surface area (TPSA) is 78.9 Å². The van der Waals surface area contributed by atoms with Gasteiger partial charge in [0, 0.05) is 23.5 Å². The zero-order valence-corrected chi connectivity index (χ0v) is 10.1. The molecule has 0 saturated carbocycles. The molecule has 4 nitrogen and oxygen atoms in total. The Balaban J connectivity index is 2.31. The highest BCUT2D eigenvalue weighted by Gasteiger charge is 2.18. The molecule has 0 spiro atoms. The standard InChI is InChI=1S/C14H15N3O/c15-9-12(13-3-1-2-8-17-13)14(18)10-4-6-11(16)7-5-10/h4-7,17H,1-3,8,16H2/b13-12+. The van der Waals surface area contributed by atoms with Gasteiger partial charge in [-0.25, -0.2) is 0 Å². The molecule has 1 aromatic carbocycles. The third-order valence-electron chi connectivity index (χ3n) is 3.01. The molecular weight excluding hydrogens is 226 g/mol. The Morgan fingerprint density at radius 2 is 2.00 bits per heavy atom. The quantitative estimate of drug-likeness (QED) is 0.359. The maximum absolute atomic E-state index is 12.2. The molecule has 0 bridgehead atoms. The van der Waals surface area contributed by atoms with Crippen LogP contribution in [0.15, 0.2) is 35.5 Å². The van der Waals surface area contributed by atoms with Crippen molar-refractivity contribution >= 4 is 11.5 Å². The minimum Gasteiger partial charge on any atom is -0.399 e. The molecule has 0 aromatic heterocycles. The van der Waals surface area contributed by atoms with Gasteiger partial charge in [0.25, 0.3) is 0 Å². The molecule has 1 saturated heterocycles. The van der Waals surface area contributed by atoms with E-state index in [2.05, 4.69) is 5.32 Å². The normalized spacial score (nSPS) is 17.5. The summed E-state index contributed by atoms with van der Waals surface area (Å²) in [7, 11) is 0. The van der Waals surface area contributed by atoms with Gasteiger partial charge in [0.1, 0.15) is 11.6 Å². The van der Waals surface area contributed by atoms with E-state index in [1.807, 2.05) is 6.07 Å². The van der Waals surface area contributed by atoms with Gasteiger partial charge in [0.15, 0.2) is 0 Å². The van der Waals surface area contributed by atoms with Crippen LogP contribution in [-0.4, -0.2) is 12.3 Å². The van der Waals surface area contributed by atoms with Gasteiger partial charge in [-0.1, -0.05) is 0 Å². The highest BCUT2D eigenvalue weighted by molar-refractivity contribution is 6.11. The van der Waals surface area contributed by atoms with Crippen LogP contribution in [0.2, 0.25) is 0 Å². The number of nitrogen functional groups attached to an aromatic ring is 1. The van der Waals surface area contributed by atoms with Crippen LogP contribution in [0.4, 0.5) is 5.69 Å². The lowest BCUT2D eigenvalue weighted by Crippen LogP contribution is -2.23. The predicted molar refractivity (Wildman–Crippen MR) is 69.7 cm³/mol. The van der Waals surface area contributed by atoms with Gasteiger partial charge in [-0.2, -0.15) is 5.26 Å². The van der Waals surface area contributed by atoms with Crippen LogP contribution in [0.1, 0.15) is 29.6 Å². The van der Waals surface area contributed by atoms with Crippen molar-refractivity contribution in [2.45, 2.75) is 19.3 Å². The van der Waals surface area contributed by atoms with E-state index >= 15 is 0 Å². The van der Waals surface area contributed by atoms with E-state index in [0.29, 0.717) is 11.3 Å². The molecule has 1 fully saturated rings. The number of nitrogens with two attached hydrogens (primary N) is 1. The SMILES string of the molecule is N#C/C(C(=O)c1ccc(N)cc1)=C1/CCCCN1. The average molecular weight is 241 g/mol. The zero-order chi connectivity index (χ0) is 13.0. The van der Waals surface area contributed by atoms with Crippen LogP contribution in [-0.2, 0) is 0 Å². The van der Waals surface area contributed by atoms with Gasteiger partial charge in [0.05, 0.1) is 0 Å². The third-order valence-corrected chi connectivity index (χ3v) is 3.01. The van der Waals surface area contributed by atoms with E-state index in [9.17, 15) is 10.1 Å². The maximum atomic E-state index is 12.2. The molecule has 1 aliphatic heterocycles. The molecule has 0 atom stereocenters. The largest absolute Gasteiger partial charge is 0.399 e. The third kappa shape index (κ3) is 2.51. The Morgan fingerprint density at radius 1 is 1.28 bits per heavy atom. The van der Waals surface area contributed by atoms with E-state index in [-0.39, 0.29) is 11.4 Å². The van der Waals surface area contributed by atoms with E-state index in [1.165, 1.54) is 0 Å². The smallest absolute Gasteiger partial charge is 0.205 e. The number of piperidine rings is 1. The Morgan fingerprint density at radius 3 is 2.56 bits per heavy atom. The molecular formula is C14H15N3O. The second kappa shape index (κ2) is 5.37. The van der Waals surface area contributed by atoms with E-state index < -0.39 is 0 Å². The van der Waals surface area contributed by atoms with E-state index in [0.717, 1.165) is 31.5 Å². The number of nitrogens with one attached hydrogen (secondary N) is 1. The Kier molecular flexibility index (Phi) is 3.63. The number of allylic oxidation sites excluding steroid dienone is 2. The minimum atomic E-state index is -0.234. The number of anilines is 1. The summed E-state index contributed by atoms with van der Waals surface area (Å²) in [6.07, 6.45) is 2.87. The lowest BCUT2D eigenvalue weighted by atomic mass is 9.98. The number of rotatable bonds is 2. The molecule has 0 aliphatic carbocycles. The zero-order valence-electron chi connectivity index (χ0n) is 10.1. The molecule has 2 rings (SSSR count). The molecule has 18 heavy (non-hydrogen) atoms. The number of nitriles is 1. The number of carbonyl (C=O) groups excluding carboxylic acids is 1. The van der Waals surface area contributed by atoms with Gasteiger partial charge < -0.3 is 11.1 Å². The summed E-state index contributed by atoms with van der Waals surface area (Å²) in [5.41, 5.74) is 7.67. The van der Waals surface area contributed by atoms with Crippen molar-refractivity contribution in [2.24, 2.45) is 0 Å². The highest BCUT2D eigenvalue weighted by Crippen LogP contribution is 2.18. The fraction of sp³-hybridized carbons (Fsp3) is 0.286. The lowest BCUT2D eigenvalue weighted by molar-refractivity contribution is 0.103. The number of ketones is 1. The molecule has 0 amide bonds. The fourth-order valence-electron chi connectivity index (χ4n) is 2.00. The first kappa shape index (κ1) is 12.2. The van der Waals surface area contributed by atoms with Crippen molar-refractivity contribution in [3.63, 3.8) is 0 Å². The number of carbonyl (C=O) groups is 1. The summed E-state index contributed by atoms with van der Waals surface area (Å²) in [4.78, 5) is 12.2. The second-order valence-electron chi connectivity index (χ2n) is 4.30. The van der Waals surface area contributed by atoms with Gasteiger partial charge >= 0.3 is 0 Å². The van der Waals surface area contributed by atoms with Crippen LogP contribution in [0.25, 0.3) is 0 Å². The molecule has 0 unspecified atom stereocenters. The van der Waals surface area contributed by atoms with Crippen LogP contribution in [0, 0.1) is 11.3 Å². The van der Waals surface area contributed by atoms with Crippen LogP contribution < -0.4 is 11.1 Å². The monoisotopic (exact) mass is 241 g/mol. The van der Waals surface area contributed by atoms with Crippen molar-refractivity contribution in [3.8, 4) is 6.07 Å². The van der Waals surface area contributed by atoms with Crippen LogP contribution in [0.5, 0.6) is 0 Å². The summed E-state index contributed by atoms with van der Waals surface area (Å²) in [6.45, 7) is 0.829. The molecule has 1 aliphatic rings. The first-order valence-corrected chi connectivity index (χ1v) is 5.99. The lowest BCUT2D eigenvalue weighted by Gasteiger charge is -2.17. The summed E-state index contributed by atoms with van der Waals surface area (Å²) < 4.78 is 0. The first-order valence-electron chi connectivity index (χ1n) is 5.99. The maximum Gasteiger partial charge on any atom is 0.205 e. The van der Waals surface area contributed by atoms with Crippen LogP contribution in [0.3, 0.4) is 0 Å². The fourth-order valence-corrected chi connectivity index (χ4v) is 2.00. The van der Waals surface area contributed by atoms with Gasteiger partial charge in [0.2, 0.25) is 5.78 Å². The minimum absolute atomic E-state index is 0.222. The molecule has 0 radical (unpaired) electrons. The van der Waals surface area contributed by atoms with Crippen molar-refractivity contribution in [2.75, 3.05) is 12.3 Å². The predicted octanol–water partition coefficient (Wildman–Crippen LogP) is 2.00. The Bertz CT molecular complexity index is 515. The number of hydrogen-bond acceptors (Lipinski definition) is 4. The number of hydrogen-bond donors (Lipinski definition) is 2. The number of Topliss-reactive ketones (excluding diaryl/α,β-unsaturated/α-hetero) is 1. The molecule has 1 aromatic rings. The number of nitrogens with zero attached hydrogens (tertiary/aromatic N) is 1. The van der Waals surface area contributed by atoms with Crippen molar-refractivity contribution in [1.82, 2.24) is 5.32 Å². The van der Waals surface area contributed by atoms with Crippen molar-refractivity contribution in [3.05, 3.63) is 41.1 Å². The average Bonchev–Trinajstić information content (AvgIpc) is 2.41. The first-order chi connectivity index (χ1) is 8.72. The molecule has 3 N–H and O–H groups in total. The summed E-state index contributed by atoms with van der Waals surface area (Å²) in [6, 6.07) is 8.66. The molecule has 4 heteroatoms. The second-order valence-corrected chi connectivity index (χ2v) is 4.30. The molecule has 92 valence electrons. The van der Waals surface area contributed by atoms with E-state index in [4.69, 9.17) is 5.73 Å². The van der Waals surface area contributed by atoms with Crippen LogP contribution >= 0.6 is 0 Å². The summed E-state index contributed by atoms with van der Waals surface area (Å²) in [5, 5.41) is 12.3. The number of benzene rings is 1. The van der Waals surface area contributed by atoms with Crippen molar-refractivity contribution < 1.29 is 4.79 Å².